The molecule has 0 radical (unpaired) electrons. The van der Waals surface area contributed by atoms with Crippen molar-refractivity contribution >= 4 is 23.2 Å². The van der Waals surface area contributed by atoms with Crippen LogP contribution >= 0.6 is 0 Å². The molecule has 0 spiro atoms. The second-order valence-electron chi connectivity index (χ2n) is 4.81. The van der Waals surface area contributed by atoms with Crippen LogP contribution in [0.4, 0.5) is 15.8 Å². The van der Waals surface area contributed by atoms with Crippen molar-refractivity contribution in [2.45, 2.75) is 20.3 Å². The largest absolute Gasteiger partial charge is 0.326 e. The maximum Gasteiger partial charge on any atom is 0.258 e. The Morgan fingerprint density at radius 2 is 1.64 bits per heavy atom. The van der Waals surface area contributed by atoms with Gasteiger partial charge in [0.05, 0.1) is 5.56 Å². The van der Waals surface area contributed by atoms with Gasteiger partial charge in [0.25, 0.3) is 5.91 Å². The summed E-state index contributed by atoms with van der Waals surface area (Å²) in [6.07, 6.45) is 0.366. The molecular weight excluding hydrogens is 283 g/mol. The lowest BCUT2D eigenvalue weighted by Crippen LogP contribution is -2.16. The van der Waals surface area contributed by atoms with E-state index in [2.05, 4.69) is 10.6 Å². The van der Waals surface area contributed by atoms with Gasteiger partial charge in [-0.15, -0.1) is 0 Å². The maximum atomic E-state index is 13.6. The molecule has 0 heterocycles. The van der Waals surface area contributed by atoms with Crippen LogP contribution in [-0.4, -0.2) is 11.8 Å². The molecule has 0 unspecified atom stereocenters. The van der Waals surface area contributed by atoms with Gasteiger partial charge in [0.2, 0.25) is 5.91 Å². The summed E-state index contributed by atoms with van der Waals surface area (Å²) in [6, 6.07) is 11.0. The van der Waals surface area contributed by atoms with Gasteiger partial charge >= 0.3 is 0 Å². The Morgan fingerprint density at radius 1 is 1.00 bits per heavy atom. The minimum atomic E-state index is -0.576. The summed E-state index contributed by atoms with van der Waals surface area (Å²) in [5.41, 5.74) is 1.85. The SMILES string of the molecule is CCC(=O)Nc1cccc(NC(=O)c2ccccc2F)c1C. The van der Waals surface area contributed by atoms with Crippen LogP contribution in [0.25, 0.3) is 0 Å². The van der Waals surface area contributed by atoms with Gasteiger partial charge in [0, 0.05) is 17.8 Å². The third-order valence-electron chi connectivity index (χ3n) is 3.30. The van der Waals surface area contributed by atoms with Crippen LogP contribution in [-0.2, 0) is 4.79 Å². The lowest BCUT2D eigenvalue weighted by atomic mass is 10.1. The summed E-state index contributed by atoms with van der Waals surface area (Å²) >= 11 is 0. The number of rotatable bonds is 4. The average Bonchev–Trinajstić information content (AvgIpc) is 2.51. The van der Waals surface area contributed by atoms with Gasteiger partial charge in [-0.25, -0.2) is 4.39 Å². The number of nitrogens with one attached hydrogen (secondary N) is 2. The van der Waals surface area contributed by atoms with Crippen LogP contribution in [0.1, 0.15) is 29.3 Å². The van der Waals surface area contributed by atoms with E-state index in [1.165, 1.54) is 18.2 Å². The van der Waals surface area contributed by atoms with E-state index >= 15 is 0 Å². The molecule has 0 aliphatic rings. The Kier molecular flexibility index (Phi) is 4.88. The maximum absolute atomic E-state index is 13.6. The lowest BCUT2D eigenvalue weighted by Gasteiger charge is -2.13. The molecule has 0 atom stereocenters. The first-order valence-electron chi connectivity index (χ1n) is 6.98. The number of halogens is 1. The van der Waals surface area contributed by atoms with Crippen molar-refractivity contribution in [3.63, 3.8) is 0 Å². The average molecular weight is 300 g/mol. The van der Waals surface area contributed by atoms with Crippen molar-refractivity contribution in [1.82, 2.24) is 0 Å². The molecule has 22 heavy (non-hydrogen) atoms. The molecule has 2 rings (SSSR count). The second-order valence-corrected chi connectivity index (χ2v) is 4.81. The molecular formula is C17H17FN2O2. The van der Waals surface area contributed by atoms with Gasteiger partial charge in [-0.05, 0) is 36.8 Å². The van der Waals surface area contributed by atoms with E-state index in [4.69, 9.17) is 0 Å². The van der Waals surface area contributed by atoms with Crippen LogP contribution < -0.4 is 10.6 Å². The number of hydrogen-bond donors (Lipinski definition) is 2. The Hall–Kier alpha value is -2.69. The molecule has 2 aromatic rings. The highest BCUT2D eigenvalue weighted by atomic mass is 19.1. The summed E-state index contributed by atoms with van der Waals surface area (Å²) in [6.45, 7) is 3.54. The van der Waals surface area contributed by atoms with E-state index in [1.54, 1.807) is 38.1 Å². The first-order valence-corrected chi connectivity index (χ1v) is 6.98. The first-order chi connectivity index (χ1) is 10.5. The van der Waals surface area contributed by atoms with E-state index in [9.17, 15) is 14.0 Å². The standard InChI is InChI=1S/C17H17FN2O2/c1-3-16(21)19-14-9-6-10-15(11(14)2)20-17(22)12-7-4-5-8-13(12)18/h4-10H,3H2,1-2H3,(H,19,21)(H,20,22). The monoisotopic (exact) mass is 300 g/mol. The third kappa shape index (κ3) is 3.49. The molecule has 0 aliphatic carbocycles. The fraction of sp³-hybridized carbons (Fsp3) is 0.176. The molecule has 0 fully saturated rings. The van der Waals surface area contributed by atoms with E-state index in [1.807, 2.05) is 0 Å². The Bertz CT molecular complexity index is 714. The highest BCUT2D eigenvalue weighted by Crippen LogP contribution is 2.24. The Labute approximate surface area is 128 Å². The third-order valence-corrected chi connectivity index (χ3v) is 3.30. The zero-order chi connectivity index (χ0) is 16.1. The summed E-state index contributed by atoms with van der Waals surface area (Å²) in [5, 5.41) is 5.43. The summed E-state index contributed by atoms with van der Waals surface area (Å²) in [4.78, 5) is 23.6. The minimum absolute atomic E-state index is 0.0232. The summed E-state index contributed by atoms with van der Waals surface area (Å²) in [7, 11) is 0. The van der Waals surface area contributed by atoms with Gasteiger partial charge in [0.15, 0.2) is 0 Å². The van der Waals surface area contributed by atoms with Crippen molar-refractivity contribution < 1.29 is 14.0 Å². The molecule has 114 valence electrons. The molecule has 2 amide bonds. The number of amides is 2. The number of carbonyl (C=O) groups excluding carboxylic acids is 2. The zero-order valence-corrected chi connectivity index (χ0v) is 12.4. The zero-order valence-electron chi connectivity index (χ0n) is 12.4. The Balaban J connectivity index is 2.23. The molecule has 5 heteroatoms. The van der Waals surface area contributed by atoms with Crippen molar-refractivity contribution in [2.75, 3.05) is 10.6 Å². The molecule has 0 saturated carbocycles. The van der Waals surface area contributed by atoms with E-state index < -0.39 is 11.7 Å². The van der Waals surface area contributed by atoms with Crippen LogP contribution in [0, 0.1) is 12.7 Å². The molecule has 0 aromatic heterocycles. The number of carbonyl (C=O) groups is 2. The summed E-state index contributed by atoms with van der Waals surface area (Å²) in [5.74, 6) is -1.21. The number of hydrogen-bond acceptors (Lipinski definition) is 2. The second kappa shape index (κ2) is 6.85. The number of benzene rings is 2. The van der Waals surface area contributed by atoms with Crippen molar-refractivity contribution in [2.24, 2.45) is 0 Å². The fourth-order valence-electron chi connectivity index (χ4n) is 1.98. The van der Waals surface area contributed by atoms with Crippen LogP contribution in [0.3, 0.4) is 0 Å². The van der Waals surface area contributed by atoms with Crippen molar-refractivity contribution in [3.05, 3.63) is 59.4 Å². The molecule has 0 bridgehead atoms. The van der Waals surface area contributed by atoms with E-state index in [-0.39, 0.29) is 11.5 Å². The van der Waals surface area contributed by atoms with Gasteiger partial charge in [0.1, 0.15) is 5.82 Å². The number of anilines is 2. The highest BCUT2D eigenvalue weighted by molar-refractivity contribution is 6.05. The molecule has 2 aromatic carbocycles. The normalized spacial score (nSPS) is 10.1. The van der Waals surface area contributed by atoms with Crippen LogP contribution in [0.5, 0.6) is 0 Å². The highest BCUT2D eigenvalue weighted by Gasteiger charge is 2.13. The van der Waals surface area contributed by atoms with Gasteiger partial charge in [-0.2, -0.15) is 0 Å². The molecule has 0 aliphatic heterocycles. The van der Waals surface area contributed by atoms with Crippen LogP contribution in [0.15, 0.2) is 42.5 Å². The quantitative estimate of drug-likeness (QED) is 0.903. The topological polar surface area (TPSA) is 58.2 Å². The van der Waals surface area contributed by atoms with Crippen molar-refractivity contribution in [1.29, 1.82) is 0 Å². The minimum Gasteiger partial charge on any atom is -0.326 e. The predicted molar refractivity (Wildman–Crippen MR) is 84.5 cm³/mol. The molecule has 0 saturated heterocycles. The van der Waals surface area contributed by atoms with Gasteiger partial charge in [-0.3, -0.25) is 9.59 Å². The smallest absolute Gasteiger partial charge is 0.258 e. The van der Waals surface area contributed by atoms with E-state index in [0.717, 1.165) is 0 Å². The van der Waals surface area contributed by atoms with Gasteiger partial charge in [-0.1, -0.05) is 25.1 Å². The lowest BCUT2D eigenvalue weighted by molar-refractivity contribution is -0.115. The summed E-state index contributed by atoms with van der Waals surface area (Å²) < 4.78 is 13.6. The Morgan fingerprint density at radius 3 is 2.27 bits per heavy atom. The molecule has 4 nitrogen and oxygen atoms in total. The first kappa shape index (κ1) is 15.7. The van der Waals surface area contributed by atoms with Crippen molar-refractivity contribution in [3.8, 4) is 0 Å². The van der Waals surface area contributed by atoms with Gasteiger partial charge < -0.3 is 10.6 Å². The van der Waals surface area contributed by atoms with Crippen LogP contribution in [0.2, 0.25) is 0 Å². The fourth-order valence-corrected chi connectivity index (χ4v) is 1.98. The molecule has 2 N–H and O–H groups in total. The van der Waals surface area contributed by atoms with E-state index in [0.29, 0.717) is 23.4 Å². The predicted octanol–water partition coefficient (Wildman–Crippen LogP) is 3.73.